The van der Waals surface area contributed by atoms with Crippen LogP contribution in [0.3, 0.4) is 0 Å². The summed E-state index contributed by atoms with van der Waals surface area (Å²) >= 11 is 0. The van der Waals surface area contributed by atoms with Crippen molar-refractivity contribution in [2.75, 3.05) is 0 Å². The minimum atomic E-state index is 0. The minimum Gasteiger partial charge on any atom is -0.870 e. The molecule has 0 amide bonds. The van der Waals surface area contributed by atoms with Crippen molar-refractivity contribution in [1.29, 1.82) is 0 Å². The van der Waals surface area contributed by atoms with Crippen LogP contribution in [0, 0.1) is 0 Å². The fraction of sp³-hybridized carbons (Fsp3) is 0.333. The van der Waals surface area contributed by atoms with Crippen LogP contribution in [0.25, 0.3) is 0 Å². The van der Waals surface area contributed by atoms with Crippen molar-refractivity contribution < 1.29 is 27.4 Å². The van der Waals surface area contributed by atoms with Gasteiger partial charge in [0.15, 0.2) is 0 Å². The molecule has 0 aliphatic rings. The molecule has 3 heteroatoms. The third-order valence-corrected chi connectivity index (χ3v) is 0. The number of rotatable bonds is 0. The summed E-state index contributed by atoms with van der Waals surface area (Å²) in [5, 5.41) is 0. The first-order valence-electron chi connectivity index (χ1n) is 0.986. The summed E-state index contributed by atoms with van der Waals surface area (Å²) < 4.78 is 0. The number of hydrogen-bond donors (Lipinski definition) is 0. The fourth-order valence-electron chi connectivity index (χ4n) is 0. The first kappa shape index (κ1) is 35.2. The van der Waals surface area contributed by atoms with E-state index in [2.05, 4.69) is 6.58 Å². The topological polar surface area (TPSA) is 60.0 Å². The molecule has 0 fully saturated rings. The molecule has 2 N–H and O–H groups in total. The second-order valence-electron chi connectivity index (χ2n) is 0.408. The van der Waals surface area contributed by atoms with Crippen LogP contribution in [0.5, 0.6) is 0 Å². The Morgan fingerprint density at radius 3 is 1.33 bits per heavy atom. The van der Waals surface area contributed by atoms with Gasteiger partial charge in [-0.1, -0.05) is 6.08 Å². The standard InChI is InChI=1S/C3H6.Ni.2H2O/c1-3-2;;;/h3H,1H2,2H3;;2*1H2/q;+2;;/p-2. The Hall–Kier alpha value is 0.154. The van der Waals surface area contributed by atoms with Gasteiger partial charge in [0, 0.05) is 0 Å². The predicted molar refractivity (Wildman–Crippen MR) is 19.7 cm³/mol. The van der Waals surface area contributed by atoms with E-state index in [4.69, 9.17) is 0 Å². The Bertz CT molecular complexity index is 16.3. The molecule has 6 heavy (non-hydrogen) atoms. The number of allylic oxidation sites excluding steroid dienone is 1. The molecule has 0 radical (unpaired) electrons. The van der Waals surface area contributed by atoms with E-state index in [-0.39, 0.29) is 27.4 Å². The zero-order chi connectivity index (χ0) is 2.71. The van der Waals surface area contributed by atoms with Crippen LogP contribution in [0.1, 0.15) is 6.92 Å². The maximum atomic E-state index is 3.36. The molecule has 0 spiro atoms. The van der Waals surface area contributed by atoms with E-state index in [1.807, 2.05) is 6.92 Å². The largest absolute Gasteiger partial charge is 2.00 e. The van der Waals surface area contributed by atoms with Crippen LogP contribution in [-0.2, 0) is 16.5 Å². The van der Waals surface area contributed by atoms with Gasteiger partial charge in [0.25, 0.3) is 0 Å². The van der Waals surface area contributed by atoms with Crippen molar-refractivity contribution in [3.63, 3.8) is 0 Å². The molecule has 0 atom stereocenters. The van der Waals surface area contributed by atoms with Crippen molar-refractivity contribution in [3.05, 3.63) is 12.7 Å². The van der Waals surface area contributed by atoms with E-state index in [1.165, 1.54) is 0 Å². The van der Waals surface area contributed by atoms with Gasteiger partial charge in [-0.15, -0.1) is 6.58 Å². The number of hydrogen-bond acceptors (Lipinski definition) is 2. The molecule has 0 aliphatic carbocycles. The van der Waals surface area contributed by atoms with Crippen molar-refractivity contribution in [1.82, 2.24) is 0 Å². The minimum absolute atomic E-state index is 0. The van der Waals surface area contributed by atoms with Crippen LogP contribution < -0.4 is 0 Å². The monoisotopic (exact) mass is 134 g/mol. The van der Waals surface area contributed by atoms with Gasteiger partial charge in [0.2, 0.25) is 0 Å². The second-order valence-corrected chi connectivity index (χ2v) is 0.408. The van der Waals surface area contributed by atoms with Crippen molar-refractivity contribution >= 4 is 0 Å². The Labute approximate surface area is 47.8 Å². The normalized spacial score (nSPS) is 2.17. The fourth-order valence-corrected chi connectivity index (χ4v) is 0. The molecule has 0 aliphatic heterocycles. The van der Waals surface area contributed by atoms with Gasteiger partial charge in [-0.3, -0.25) is 0 Å². The summed E-state index contributed by atoms with van der Waals surface area (Å²) in [6, 6.07) is 0. The van der Waals surface area contributed by atoms with E-state index >= 15 is 0 Å². The summed E-state index contributed by atoms with van der Waals surface area (Å²) in [6.07, 6.45) is 1.75. The predicted octanol–water partition coefficient (Wildman–Crippen LogP) is 0.836. The van der Waals surface area contributed by atoms with Crippen LogP contribution in [-0.4, -0.2) is 11.0 Å². The van der Waals surface area contributed by atoms with E-state index < -0.39 is 0 Å². The van der Waals surface area contributed by atoms with E-state index in [9.17, 15) is 0 Å². The van der Waals surface area contributed by atoms with Crippen LogP contribution in [0.15, 0.2) is 12.7 Å². The Morgan fingerprint density at radius 2 is 1.33 bits per heavy atom. The third kappa shape index (κ3) is 1750. The zero-order valence-electron chi connectivity index (χ0n) is 3.50. The first-order valence-corrected chi connectivity index (χ1v) is 0.986. The summed E-state index contributed by atoms with van der Waals surface area (Å²) in [5.74, 6) is 0. The molecular formula is C3H8NiO2. The molecule has 42 valence electrons. The molecule has 0 aromatic heterocycles. The maximum absolute atomic E-state index is 3.36. The summed E-state index contributed by atoms with van der Waals surface area (Å²) in [5.41, 5.74) is 0. The first-order chi connectivity index (χ1) is 1.41. The van der Waals surface area contributed by atoms with Gasteiger partial charge in [0.1, 0.15) is 0 Å². The maximum Gasteiger partial charge on any atom is 2.00 e. The summed E-state index contributed by atoms with van der Waals surface area (Å²) in [6.45, 7) is 5.25. The average Bonchev–Trinajstić information content (AvgIpc) is 0.918. The smallest absolute Gasteiger partial charge is 0.870 e. The van der Waals surface area contributed by atoms with Gasteiger partial charge in [-0.25, -0.2) is 0 Å². The average molecular weight is 135 g/mol. The molecule has 0 aromatic carbocycles. The van der Waals surface area contributed by atoms with Crippen molar-refractivity contribution in [2.45, 2.75) is 6.92 Å². The molecule has 0 bridgehead atoms. The Morgan fingerprint density at radius 1 is 1.33 bits per heavy atom. The van der Waals surface area contributed by atoms with Crippen LogP contribution in [0.4, 0.5) is 0 Å². The van der Waals surface area contributed by atoms with E-state index in [1.54, 1.807) is 6.08 Å². The Balaban J connectivity index is -0.00000000667. The molecular weight excluding hydrogens is 127 g/mol. The zero-order valence-corrected chi connectivity index (χ0v) is 4.48. The summed E-state index contributed by atoms with van der Waals surface area (Å²) in [7, 11) is 0. The van der Waals surface area contributed by atoms with Gasteiger partial charge >= 0.3 is 16.5 Å². The van der Waals surface area contributed by atoms with E-state index in [0.717, 1.165) is 0 Å². The molecule has 0 saturated carbocycles. The SMILES string of the molecule is C=CC.[Ni+2].[OH-].[OH-]. The van der Waals surface area contributed by atoms with Gasteiger partial charge in [0.05, 0.1) is 0 Å². The van der Waals surface area contributed by atoms with Crippen LogP contribution >= 0.6 is 0 Å². The second kappa shape index (κ2) is 66.8. The molecule has 0 rings (SSSR count). The van der Waals surface area contributed by atoms with Gasteiger partial charge < -0.3 is 11.0 Å². The van der Waals surface area contributed by atoms with Gasteiger partial charge in [-0.05, 0) is 6.92 Å². The molecule has 0 unspecified atom stereocenters. The van der Waals surface area contributed by atoms with Crippen molar-refractivity contribution in [2.24, 2.45) is 0 Å². The molecule has 0 heterocycles. The Kier molecular flexibility index (Phi) is 392. The molecule has 0 saturated heterocycles. The third-order valence-electron chi connectivity index (χ3n) is 0. The van der Waals surface area contributed by atoms with Gasteiger partial charge in [-0.2, -0.15) is 0 Å². The van der Waals surface area contributed by atoms with E-state index in [0.29, 0.717) is 0 Å². The molecule has 0 aromatic rings. The van der Waals surface area contributed by atoms with Crippen molar-refractivity contribution in [3.8, 4) is 0 Å². The molecule has 2 nitrogen and oxygen atoms in total. The summed E-state index contributed by atoms with van der Waals surface area (Å²) in [4.78, 5) is 0. The van der Waals surface area contributed by atoms with Crippen LogP contribution in [0.2, 0.25) is 0 Å². The quantitative estimate of drug-likeness (QED) is 0.364.